The number of rotatable bonds is 5. The van der Waals surface area contributed by atoms with E-state index in [1.54, 1.807) is 0 Å². The molecule has 0 N–H and O–H groups in total. The van der Waals surface area contributed by atoms with E-state index in [1.807, 2.05) is 30.3 Å². The van der Waals surface area contributed by atoms with Crippen molar-refractivity contribution < 1.29 is 4.74 Å². The smallest absolute Gasteiger partial charge is 0.119 e. The highest BCUT2D eigenvalue weighted by Crippen LogP contribution is 2.15. The third kappa shape index (κ3) is 3.25. The van der Waals surface area contributed by atoms with E-state index >= 15 is 0 Å². The van der Waals surface area contributed by atoms with Crippen LogP contribution in [0.15, 0.2) is 30.8 Å². The Labute approximate surface area is 86.4 Å². The van der Waals surface area contributed by atoms with E-state index in [1.165, 1.54) is 0 Å². The molecule has 0 bridgehead atoms. The Kier molecular flexibility index (Phi) is 4.24. The third-order valence-corrected chi connectivity index (χ3v) is 2.15. The molecule has 0 amide bonds. The first kappa shape index (κ1) is 10.8. The summed E-state index contributed by atoms with van der Waals surface area (Å²) in [5, 5.41) is 0. The third-order valence-electron chi connectivity index (χ3n) is 2.15. The minimum atomic E-state index is 0.301. The molecule has 0 heterocycles. The fourth-order valence-electron chi connectivity index (χ4n) is 1.38. The molecule has 0 aliphatic rings. The van der Waals surface area contributed by atoms with Crippen molar-refractivity contribution in [1.82, 2.24) is 0 Å². The molecule has 1 nitrogen and oxygen atoms in total. The lowest BCUT2D eigenvalue weighted by atomic mass is 10.2. The molecule has 0 saturated heterocycles. The van der Waals surface area contributed by atoms with Crippen LogP contribution in [0.5, 0.6) is 5.75 Å². The molecule has 1 rings (SSSR count). The van der Waals surface area contributed by atoms with Crippen LogP contribution in [0, 0.1) is 0 Å². The van der Waals surface area contributed by atoms with Gasteiger partial charge in [-0.25, -0.2) is 0 Å². The van der Waals surface area contributed by atoms with Crippen molar-refractivity contribution in [1.29, 1.82) is 0 Å². The SMILES string of the molecule is C=Cc1ccc(OC(C)CCC)cc1. The average Bonchev–Trinajstić information content (AvgIpc) is 2.19. The van der Waals surface area contributed by atoms with Crippen LogP contribution in [0.2, 0.25) is 0 Å². The molecule has 0 spiro atoms. The van der Waals surface area contributed by atoms with Crippen molar-refractivity contribution in [2.75, 3.05) is 0 Å². The quantitative estimate of drug-likeness (QED) is 0.684. The highest BCUT2D eigenvalue weighted by atomic mass is 16.5. The topological polar surface area (TPSA) is 9.23 Å². The van der Waals surface area contributed by atoms with Crippen LogP contribution < -0.4 is 4.74 Å². The van der Waals surface area contributed by atoms with Crippen LogP contribution in [0.1, 0.15) is 32.3 Å². The second kappa shape index (κ2) is 5.48. The van der Waals surface area contributed by atoms with Crippen LogP contribution in [0.3, 0.4) is 0 Å². The molecule has 0 aromatic heterocycles. The Balaban J connectivity index is 2.55. The molecule has 14 heavy (non-hydrogen) atoms. The molecule has 1 unspecified atom stereocenters. The normalized spacial score (nSPS) is 12.1. The average molecular weight is 190 g/mol. The van der Waals surface area contributed by atoms with Gasteiger partial charge in [-0.15, -0.1) is 0 Å². The molecule has 0 radical (unpaired) electrons. The monoisotopic (exact) mass is 190 g/mol. The van der Waals surface area contributed by atoms with E-state index < -0.39 is 0 Å². The van der Waals surface area contributed by atoms with Gasteiger partial charge in [-0.2, -0.15) is 0 Å². The fourth-order valence-corrected chi connectivity index (χ4v) is 1.38. The zero-order valence-electron chi connectivity index (χ0n) is 8.99. The lowest BCUT2D eigenvalue weighted by Gasteiger charge is -2.13. The summed E-state index contributed by atoms with van der Waals surface area (Å²) >= 11 is 0. The molecule has 1 aromatic carbocycles. The van der Waals surface area contributed by atoms with E-state index in [0.717, 1.165) is 24.2 Å². The van der Waals surface area contributed by atoms with Crippen molar-refractivity contribution >= 4 is 6.08 Å². The van der Waals surface area contributed by atoms with Crippen LogP contribution in [-0.4, -0.2) is 6.10 Å². The van der Waals surface area contributed by atoms with Gasteiger partial charge in [-0.3, -0.25) is 0 Å². The maximum atomic E-state index is 5.72. The Morgan fingerprint density at radius 1 is 1.36 bits per heavy atom. The zero-order valence-corrected chi connectivity index (χ0v) is 8.99. The predicted octanol–water partition coefficient (Wildman–Crippen LogP) is 3.90. The largest absolute Gasteiger partial charge is 0.491 e. The summed E-state index contributed by atoms with van der Waals surface area (Å²) in [6, 6.07) is 8.01. The van der Waals surface area contributed by atoms with Crippen LogP contribution in [-0.2, 0) is 0 Å². The molecule has 1 aromatic rings. The van der Waals surface area contributed by atoms with Crippen molar-refractivity contribution in [2.24, 2.45) is 0 Å². The van der Waals surface area contributed by atoms with Gasteiger partial charge < -0.3 is 4.74 Å². The number of hydrogen-bond donors (Lipinski definition) is 0. The van der Waals surface area contributed by atoms with Gasteiger partial charge in [0, 0.05) is 0 Å². The Hall–Kier alpha value is -1.24. The predicted molar refractivity (Wildman–Crippen MR) is 61.5 cm³/mol. The molecule has 76 valence electrons. The Morgan fingerprint density at radius 3 is 2.50 bits per heavy atom. The minimum Gasteiger partial charge on any atom is -0.491 e. The summed E-state index contributed by atoms with van der Waals surface area (Å²) in [7, 11) is 0. The second-order valence-corrected chi connectivity index (χ2v) is 3.49. The molecular formula is C13H18O. The van der Waals surface area contributed by atoms with Crippen LogP contribution >= 0.6 is 0 Å². The van der Waals surface area contributed by atoms with E-state index in [0.29, 0.717) is 6.10 Å². The first-order valence-corrected chi connectivity index (χ1v) is 5.15. The molecule has 0 fully saturated rings. The van der Waals surface area contributed by atoms with Crippen molar-refractivity contribution in [3.63, 3.8) is 0 Å². The van der Waals surface area contributed by atoms with Crippen LogP contribution in [0.25, 0.3) is 6.08 Å². The second-order valence-electron chi connectivity index (χ2n) is 3.49. The molecule has 1 atom stereocenters. The number of hydrogen-bond acceptors (Lipinski definition) is 1. The Morgan fingerprint density at radius 2 is 2.00 bits per heavy atom. The maximum absolute atomic E-state index is 5.72. The lowest BCUT2D eigenvalue weighted by Crippen LogP contribution is -2.10. The van der Waals surface area contributed by atoms with E-state index in [9.17, 15) is 0 Å². The van der Waals surface area contributed by atoms with Crippen LogP contribution in [0.4, 0.5) is 0 Å². The van der Waals surface area contributed by atoms with E-state index in [-0.39, 0.29) is 0 Å². The Bertz CT molecular complexity index is 274. The lowest BCUT2D eigenvalue weighted by molar-refractivity contribution is 0.210. The van der Waals surface area contributed by atoms with Crippen molar-refractivity contribution in [3.8, 4) is 5.75 Å². The van der Waals surface area contributed by atoms with Gasteiger partial charge in [-0.05, 0) is 31.0 Å². The number of ether oxygens (including phenoxy) is 1. The fraction of sp³-hybridized carbons (Fsp3) is 0.385. The summed E-state index contributed by atoms with van der Waals surface area (Å²) in [6.45, 7) is 7.98. The highest BCUT2D eigenvalue weighted by molar-refractivity contribution is 5.48. The zero-order chi connectivity index (χ0) is 10.4. The molecule has 0 saturated carbocycles. The summed E-state index contributed by atoms with van der Waals surface area (Å²) < 4.78 is 5.72. The molecule has 0 aliphatic carbocycles. The first-order valence-electron chi connectivity index (χ1n) is 5.15. The highest BCUT2D eigenvalue weighted by Gasteiger charge is 2.01. The van der Waals surface area contributed by atoms with Gasteiger partial charge in [-0.1, -0.05) is 38.1 Å². The molecular weight excluding hydrogens is 172 g/mol. The van der Waals surface area contributed by atoms with Crippen molar-refractivity contribution in [3.05, 3.63) is 36.4 Å². The van der Waals surface area contributed by atoms with E-state index in [2.05, 4.69) is 20.4 Å². The van der Waals surface area contributed by atoms with Gasteiger partial charge in [0.05, 0.1) is 6.10 Å². The minimum absolute atomic E-state index is 0.301. The van der Waals surface area contributed by atoms with Gasteiger partial charge in [0.2, 0.25) is 0 Å². The standard InChI is InChI=1S/C13H18O/c1-4-6-11(3)14-13-9-7-12(5-2)8-10-13/h5,7-11H,2,4,6H2,1,3H3. The summed E-state index contributed by atoms with van der Waals surface area (Å²) in [6.07, 6.45) is 4.39. The van der Waals surface area contributed by atoms with Gasteiger partial charge >= 0.3 is 0 Å². The maximum Gasteiger partial charge on any atom is 0.119 e. The molecule has 0 aliphatic heterocycles. The van der Waals surface area contributed by atoms with Gasteiger partial charge in [0.15, 0.2) is 0 Å². The summed E-state index contributed by atoms with van der Waals surface area (Å²) in [4.78, 5) is 0. The first-order chi connectivity index (χ1) is 6.76. The number of benzene rings is 1. The van der Waals surface area contributed by atoms with Gasteiger partial charge in [0.1, 0.15) is 5.75 Å². The summed E-state index contributed by atoms with van der Waals surface area (Å²) in [5.74, 6) is 0.941. The van der Waals surface area contributed by atoms with Crippen molar-refractivity contribution in [2.45, 2.75) is 32.8 Å². The summed E-state index contributed by atoms with van der Waals surface area (Å²) in [5.41, 5.74) is 1.13. The molecule has 1 heteroatoms. The van der Waals surface area contributed by atoms with Gasteiger partial charge in [0.25, 0.3) is 0 Å². The van der Waals surface area contributed by atoms with E-state index in [4.69, 9.17) is 4.74 Å².